The lowest BCUT2D eigenvalue weighted by atomic mass is 10.2. The maximum absolute atomic E-state index is 11.8. The fourth-order valence-corrected chi connectivity index (χ4v) is 1.51. The topological polar surface area (TPSA) is 124 Å². The van der Waals surface area contributed by atoms with E-state index in [1.54, 1.807) is 0 Å². The summed E-state index contributed by atoms with van der Waals surface area (Å²) >= 11 is 0. The minimum Gasteiger partial charge on any atom is -0.461 e. The summed E-state index contributed by atoms with van der Waals surface area (Å²) in [6.45, 7) is 6.51. The molecular formula is C17H26O10. The SMILES string of the molecule is C=C(CC(=O)OC(C)C(=O)OCCOC)C(=O)OC(C)C(=O)OCCOC. The Morgan fingerprint density at radius 3 is 1.67 bits per heavy atom. The molecule has 0 aromatic carbocycles. The van der Waals surface area contributed by atoms with Crippen molar-refractivity contribution in [1.29, 1.82) is 0 Å². The molecule has 0 heterocycles. The van der Waals surface area contributed by atoms with Gasteiger partial charge in [-0.1, -0.05) is 6.58 Å². The van der Waals surface area contributed by atoms with E-state index in [0.29, 0.717) is 0 Å². The van der Waals surface area contributed by atoms with Gasteiger partial charge in [-0.2, -0.15) is 0 Å². The molecule has 154 valence electrons. The Balaban J connectivity index is 4.29. The second-order valence-corrected chi connectivity index (χ2v) is 5.28. The third-order valence-electron chi connectivity index (χ3n) is 2.97. The molecule has 2 atom stereocenters. The molecule has 0 N–H and O–H groups in total. The number of methoxy groups -OCH3 is 2. The van der Waals surface area contributed by atoms with Gasteiger partial charge in [0.25, 0.3) is 0 Å². The van der Waals surface area contributed by atoms with E-state index in [9.17, 15) is 19.2 Å². The molecule has 10 nitrogen and oxygen atoms in total. The van der Waals surface area contributed by atoms with Crippen LogP contribution < -0.4 is 0 Å². The highest BCUT2D eigenvalue weighted by Crippen LogP contribution is 2.08. The fourth-order valence-electron chi connectivity index (χ4n) is 1.51. The molecule has 0 fully saturated rings. The van der Waals surface area contributed by atoms with Crippen molar-refractivity contribution < 1.29 is 47.6 Å². The average molecular weight is 390 g/mol. The minimum atomic E-state index is -1.18. The number of carbonyl (C=O) groups excluding carboxylic acids is 4. The summed E-state index contributed by atoms with van der Waals surface area (Å²) < 4.78 is 28.8. The largest absolute Gasteiger partial charge is 0.461 e. The lowest BCUT2D eigenvalue weighted by Gasteiger charge is -2.15. The molecule has 0 aromatic heterocycles. The zero-order valence-electron chi connectivity index (χ0n) is 16.0. The first kappa shape index (κ1) is 24.5. The maximum Gasteiger partial charge on any atom is 0.347 e. The highest BCUT2D eigenvalue weighted by molar-refractivity contribution is 5.95. The summed E-state index contributed by atoms with van der Waals surface area (Å²) in [5, 5.41) is 0. The van der Waals surface area contributed by atoms with Crippen LogP contribution in [0.15, 0.2) is 12.2 Å². The van der Waals surface area contributed by atoms with Gasteiger partial charge in [-0.05, 0) is 13.8 Å². The van der Waals surface area contributed by atoms with Crippen molar-refractivity contribution in [3.8, 4) is 0 Å². The second kappa shape index (κ2) is 13.7. The minimum absolute atomic E-state index is 0.0167. The van der Waals surface area contributed by atoms with Gasteiger partial charge in [0.1, 0.15) is 13.2 Å². The van der Waals surface area contributed by atoms with Gasteiger partial charge in [0, 0.05) is 19.8 Å². The first-order chi connectivity index (χ1) is 12.7. The van der Waals surface area contributed by atoms with Crippen molar-refractivity contribution in [1.82, 2.24) is 0 Å². The van der Waals surface area contributed by atoms with Gasteiger partial charge < -0.3 is 28.4 Å². The smallest absolute Gasteiger partial charge is 0.347 e. The first-order valence-electron chi connectivity index (χ1n) is 8.12. The van der Waals surface area contributed by atoms with Crippen LogP contribution in [0.5, 0.6) is 0 Å². The van der Waals surface area contributed by atoms with Crippen molar-refractivity contribution in [2.75, 3.05) is 40.6 Å². The molecule has 2 unspecified atom stereocenters. The van der Waals surface area contributed by atoms with Crippen LogP contribution in [0.4, 0.5) is 0 Å². The van der Waals surface area contributed by atoms with Crippen LogP contribution in [0, 0.1) is 0 Å². The van der Waals surface area contributed by atoms with Crippen molar-refractivity contribution in [2.45, 2.75) is 32.5 Å². The molecule has 0 aliphatic heterocycles. The zero-order valence-corrected chi connectivity index (χ0v) is 16.0. The lowest BCUT2D eigenvalue weighted by molar-refractivity contribution is -0.168. The van der Waals surface area contributed by atoms with E-state index in [1.807, 2.05) is 0 Å². The van der Waals surface area contributed by atoms with Gasteiger partial charge in [0.05, 0.1) is 19.6 Å². The van der Waals surface area contributed by atoms with Crippen LogP contribution >= 0.6 is 0 Å². The Hall–Kier alpha value is -2.46. The van der Waals surface area contributed by atoms with Crippen molar-refractivity contribution >= 4 is 23.9 Å². The molecular weight excluding hydrogens is 364 g/mol. The third kappa shape index (κ3) is 11.0. The van der Waals surface area contributed by atoms with Crippen molar-refractivity contribution in [2.24, 2.45) is 0 Å². The quantitative estimate of drug-likeness (QED) is 0.186. The van der Waals surface area contributed by atoms with E-state index >= 15 is 0 Å². The molecule has 0 saturated heterocycles. The zero-order chi connectivity index (χ0) is 20.8. The molecule has 10 heteroatoms. The van der Waals surface area contributed by atoms with Gasteiger partial charge in [0.2, 0.25) is 0 Å². The Labute approximate surface area is 157 Å². The van der Waals surface area contributed by atoms with Crippen LogP contribution in [0.1, 0.15) is 20.3 Å². The molecule has 0 radical (unpaired) electrons. The van der Waals surface area contributed by atoms with E-state index in [2.05, 4.69) is 6.58 Å². The summed E-state index contributed by atoms with van der Waals surface area (Å²) in [4.78, 5) is 46.8. The molecule has 0 aromatic rings. The van der Waals surface area contributed by atoms with Crippen molar-refractivity contribution in [3.05, 3.63) is 12.2 Å². The predicted molar refractivity (Wildman–Crippen MR) is 90.5 cm³/mol. The number of rotatable bonds is 13. The summed E-state index contributed by atoms with van der Waals surface area (Å²) in [5.41, 5.74) is -0.239. The molecule has 0 rings (SSSR count). The highest BCUT2D eigenvalue weighted by atomic mass is 16.6. The summed E-state index contributed by atoms with van der Waals surface area (Å²) in [5.74, 6) is -3.34. The molecule has 0 saturated carbocycles. The van der Waals surface area contributed by atoms with Gasteiger partial charge in [0.15, 0.2) is 12.2 Å². The molecule has 27 heavy (non-hydrogen) atoms. The van der Waals surface area contributed by atoms with E-state index in [1.165, 1.54) is 28.1 Å². The number of hydrogen-bond acceptors (Lipinski definition) is 10. The summed E-state index contributed by atoms with van der Waals surface area (Å²) in [6, 6.07) is 0. The standard InChI is InChI=1S/C17H26O10/c1-11(15(19)27-13(3)17(21)25-9-7-23-5)10-14(18)26-12(2)16(20)24-8-6-22-4/h12-13H,1,6-10H2,2-5H3. The normalized spacial score (nSPS) is 12.4. The maximum atomic E-state index is 11.8. The molecule has 0 amide bonds. The van der Waals surface area contributed by atoms with E-state index in [0.717, 1.165) is 0 Å². The van der Waals surface area contributed by atoms with E-state index < -0.39 is 42.5 Å². The number of carbonyl (C=O) groups is 4. The van der Waals surface area contributed by atoms with Crippen LogP contribution in [0.2, 0.25) is 0 Å². The predicted octanol–water partition coefficient (Wildman–Crippen LogP) is 0.175. The van der Waals surface area contributed by atoms with Crippen LogP contribution in [0.25, 0.3) is 0 Å². The van der Waals surface area contributed by atoms with Crippen molar-refractivity contribution in [3.63, 3.8) is 0 Å². The monoisotopic (exact) mass is 390 g/mol. The van der Waals surface area contributed by atoms with Crippen LogP contribution in [-0.4, -0.2) is 76.7 Å². The molecule has 0 spiro atoms. The molecule has 0 bridgehead atoms. The Morgan fingerprint density at radius 1 is 0.778 bits per heavy atom. The average Bonchev–Trinajstić information content (AvgIpc) is 2.61. The van der Waals surface area contributed by atoms with Gasteiger partial charge in [-0.25, -0.2) is 14.4 Å². The summed E-state index contributed by atoms with van der Waals surface area (Å²) in [7, 11) is 2.89. The number of ether oxygens (including phenoxy) is 6. The highest BCUT2D eigenvalue weighted by Gasteiger charge is 2.24. The fraction of sp³-hybridized carbons (Fsp3) is 0.647. The van der Waals surface area contributed by atoms with Crippen LogP contribution in [-0.2, 0) is 47.6 Å². The van der Waals surface area contributed by atoms with Crippen LogP contribution in [0.3, 0.4) is 0 Å². The van der Waals surface area contributed by atoms with Gasteiger partial charge >= 0.3 is 23.9 Å². The Kier molecular flexibility index (Phi) is 12.5. The van der Waals surface area contributed by atoms with E-state index in [-0.39, 0.29) is 32.0 Å². The van der Waals surface area contributed by atoms with E-state index in [4.69, 9.17) is 28.4 Å². The summed E-state index contributed by atoms with van der Waals surface area (Å²) in [6.07, 6.45) is -2.86. The lowest BCUT2D eigenvalue weighted by Crippen LogP contribution is -2.29. The van der Waals surface area contributed by atoms with Gasteiger partial charge in [-0.3, -0.25) is 4.79 Å². The first-order valence-corrected chi connectivity index (χ1v) is 8.12. The molecule has 0 aliphatic carbocycles. The third-order valence-corrected chi connectivity index (χ3v) is 2.97. The molecule has 0 aliphatic rings. The number of hydrogen-bond donors (Lipinski definition) is 0. The van der Waals surface area contributed by atoms with Gasteiger partial charge in [-0.15, -0.1) is 0 Å². The number of esters is 4. The Bertz CT molecular complexity index is 528. The Morgan fingerprint density at radius 2 is 1.22 bits per heavy atom. The second-order valence-electron chi connectivity index (χ2n) is 5.28.